The van der Waals surface area contributed by atoms with Crippen LogP contribution in [0, 0.1) is 0 Å². The van der Waals surface area contributed by atoms with Gasteiger partial charge in [-0.15, -0.1) is 10.2 Å². The average Bonchev–Trinajstić information content (AvgIpc) is 3.54. The maximum atomic E-state index is 12.3. The smallest absolute Gasteiger partial charge is 0.410 e. The van der Waals surface area contributed by atoms with Gasteiger partial charge in [0.2, 0.25) is 5.95 Å². The molecule has 0 spiro atoms. The molecule has 4 aromatic heterocycles. The molecular weight excluding hydrogens is 482 g/mol. The van der Waals surface area contributed by atoms with Gasteiger partial charge in [0.25, 0.3) is 0 Å². The summed E-state index contributed by atoms with van der Waals surface area (Å²) in [5.41, 5.74) is 1.53. The molecule has 2 aliphatic rings. The van der Waals surface area contributed by atoms with Crippen LogP contribution in [0.2, 0.25) is 0 Å². The molecule has 0 unspecified atom stereocenters. The lowest BCUT2D eigenvalue weighted by Crippen LogP contribution is -2.50. The number of piperazine rings is 1. The molecule has 1 N–H and O–H groups in total. The van der Waals surface area contributed by atoms with Crippen LogP contribution in [-0.2, 0) is 4.74 Å². The monoisotopic (exact) mass is 515 g/mol. The Morgan fingerprint density at radius 3 is 2.50 bits per heavy atom. The van der Waals surface area contributed by atoms with E-state index in [4.69, 9.17) is 9.72 Å². The van der Waals surface area contributed by atoms with Gasteiger partial charge >= 0.3 is 6.09 Å². The first-order chi connectivity index (χ1) is 18.4. The molecule has 1 saturated carbocycles. The van der Waals surface area contributed by atoms with Gasteiger partial charge in [-0.25, -0.2) is 9.78 Å². The Kier molecular flexibility index (Phi) is 6.21. The number of rotatable bonds is 4. The Morgan fingerprint density at radius 1 is 1.00 bits per heavy atom. The van der Waals surface area contributed by atoms with E-state index in [9.17, 15) is 4.79 Å². The van der Waals surface area contributed by atoms with Crippen molar-refractivity contribution >= 4 is 45.6 Å². The molecule has 2 fully saturated rings. The summed E-state index contributed by atoms with van der Waals surface area (Å²) >= 11 is 0. The third kappa shape index (κ3) is 4.80. The Morgan fingerprint density at radius 2 is 1.79 bits per heavy atom. The van der Waals surface area contributed by atoms with E-state index in [-0.39, 0.29) is 6.09 Å². The highest BCUT2D eigenvalue weighted by Gasteiger charge is 2.27. The highest BCUT2D eigenvalue weighted by molar-refractivity contribution is 6.06. The molecule has 11 heteroatoms. The molecule has 6 rings (SSSR count). The van der Waals surface area contributed by atoms with Crippen LogP contribution in [0.5, 0.6) is 0 Å². The predicted octanol–water partition coefficient (Wildman–Crippen LogP) is 4.69. The topological polar surface area (TPSA) is 114 Å². The molecule has 1 aliphatic carbocycles. The van der Waals surface area contributed by atoms with Gasteiger partial charge in [0.15, 0.2) is 11.6 Å². The zero-order valence-electron chi connectivity index (χ0n) is 22.1. The van der Waals surface area contributed by atoms with Crippen LogP contribution in [-0.4, -0.2) is 72.5 Å². The normalized spacial score (nSPS) is 16.9. The van der Waals surface area contributed by atoms with Crippen LogP contribution >= 0.6 is 0 Å². The lowest BCUT2D eigenvalue weighted by atomic mass is 10.2. The first-order valence-electron chi connectivity index (χ1n) is 13.3. The molecule has 0 bridgehead atoms. The summed E-state index contributed by atoms with van der Waals surface area (Å²) in [5.74, 6) is 1.83. The van der Waals surface area contributed by atoms with E-state index in [1.54, 1.807) is 4.90 Å². The molecular formula is C27H33N9O2. The fourth-order valence-electron chi connectivity index (χ4n) is 5.38. The fourth-order valence-corrected chi connectivity index (χ4v) is 5.38. The SMILES string of the molecule is CC(C)(C)OC(=O)N1CCN(c2ccc(Nc3ncc4c5ccncc5n(C5CCCC5)c4n3)nn2)CC1. The highest BCUT2D eigenvalue weighted by atomic mass is 16.6. The summed E-state index contributed by atoms with van der Waals surface area (Å²) in [4.78, 5) is 30.0. The maximum absolute atomic E-state index is 12.3. The van der Waals surface area contributed by atoms with Crippen LogP contribution in [0.1, 0.15) is 52.5 Å². The third-order valence-electron chi connectivity index (χ3n) is 7.18. The largest absolute Gasteiger partial charge is 0.444 e. The lowest BCUT2D eigenvalue weighted by molar-refractivity contribution is 0.0240. The number of anilines is 3. The van der Waals surface area contributed by atoms with Crippen molar-refractivity contribution in [3.8, 4) is 0 Å². The van der Waals surface area contributed by atoms with Crippen LogP contribution in [0.4, 0.5) is 22.4 Å². The van der Waals surface area contributed by atoms with Crippen LogP contribution in [0.25, 0.3) is 21.9 Å². The Hall–Kier alpha value is -4.02. The molecule has 0 radical (unpaired) electrons. The van der Waals surface area contributed by atoms with E-state index < -0.39 is 5.60 Å². The lowest BCUT2D eigenvalue weighted by Gasteiger charge is -2.35. The minimum Gasteiger partial charge on any atom is -0.444 e. The Bertz CT molecular complexity index is 1450. The second-order valence-corrected chi connectivity index (χ2v) is 11.0. The predicted molar refractivity (Wildman–Crippen MR) is 146 cm³/mol. The number of pyridine rings is 1. The first-order valence-corrected chi connectivity index (χ1v) is 13.3. The van der Waals surface area contributed by atoms with Crippen molar-refractivity contribution < 1.29 is 9.53 Å². The third-order valence-corrected chi connectivity index (χ3v) is 7.18. The number of fused-ring (bicyclic) bond motifs is 3. The zero-order chi connectivity index (χ0) is 26.3. The molecule has 5 heterocycles. The molecule has 4 aromatic rings. The summed E-state index contributed by atoms with van der Waals surface area (Å²) in [6.45, 7) is 8.12. The van der Waals surface area contributed by atoms with Gasteiger partial charge in [-0.1, -0.05) is 12.8 Å². The summed E-state index contributed by atoms with van der Waals surface area (Å²) in [5, 5.41) is 14.2. The van der Waals surface area contributed by atoms with Crippen LogP contribution in [0.15, 0.2) is 36.8 Å². The standard InChI is InChI=1S/C27H33N9O2/c1-27(2,3)38-26(37)35-14-12-34(13-15-35)23-9-8-22(32-33-23)30-25-29-16-20-19-10-11-28-17-21(19)36(24(20)31-25)18-6-4-5-7-18/h8-11,16-18H,4-7,12-15H2,1-3H3,(H,29,30,31,32). The molecule has 0 atom stereocenters. The molecule has 38 heavy (non-hydrogen) atoms. The van der Waals surface area contributed by atoms with Gasteiger partial charge in [0.1, 0.15) is 11.2 Å². The van der Waals surface area contributed by atoms with Gasteiger partial charge < -0.3 is 24.4 Å². The Balaban J connectivity index is 1.16. The van der Waals surface area contributed by atoms with E-state index >= 15 is 0 Å². The highest BCUT2D eigenvalue weighted by Crippen LogP contribution is 2.37. The molecule has 198 valence electrons. The molecule has 1 aliphatic heterocycles. The second-order valence-electron chi connectivity index (χ2n) is 11.0. The van der Waals surface area contributed by atoms with E-state index in [1.165, 1.54) is 12.8 Å². The minimum atomic E-state index is -0.499. The quantitative estimate of drug-likeness (QED) is 0.413. The molecule has 1 amide bonds. The van der Waals surface area contributed by atoms with Crippen molar-refractivity contribution in [1.29, 1.82) is 0 Å². The summed E-state index contributed by atoms with van der Waals surface area (Å²) in [6, 6.07) is 6.28. The number of hydrogen-bond donors (Lipinski definition) is 1. The summed E-state index contributed by atoms with van der Waals surface area (Å²) in [7, 11) is 0. The number of carbonyl (C=O) groups is 1. The van der Waals surface area contributed by atoms with E-state index in [0.717, 1.165) is 40.6 Å². The van der Waals surface area contributed by atoms with Crippen LogP contribution in [0.3, 0.4) is 0 Å². The molecule has 0 aromatic carbocycles. The van der Waals surface area contributed by atoms with Gasteiger partial charge in [0.05, 0.1) is 11.7 Å². The van der Waals surface area contributed by atoms with Crippen molar-refractivity contribution in [2.24, 2.45) is 0 Å². The maximum Gasteiger partial charge on any atom is 0.410 e. The number of hydrogen-bond acceptors (Lipinski definition) is 9. The van der Waals surface area contributed by atoms with E-state index in [1.807, 2.05) is 57.6 Å². The molecule has 1 saturated heterocycles. The van der Waals surface area contributed by atoms with E-state index in [2.05, 4.69) is 34.9 Å². The van der Waals surface area contributed by atoms with Gasteiger partial charge in [-0.05, 0) is 51.8 Å². The summed E-state index contributed by atoms with van der Waals surface area (Å²) in [6.07, 6.45) is 10.1. The van der Waals surface area contributed by atoms with Crippen LogP contribution < -0.4 is 10.2 Å². The number of ether oxygens (including phenoxy) is 1. The van der Waals surface area contributed by atoms with Gasteiger partial charge in [-0.2, -0.15) is 4.98 Å². The molecule has 11 nitrogen and oxygen atoms in total. The van der Waals surface area contributed by atoms with Crippen molar-refractivity contribution in [3.05, 3.63) is 36.8 Å². The first kappa shape index (κ1) is 24.3. The minimum absolute atomic E-state index is 0.275. The zero-order valence-corrected chi connectivity index (χ0v) is 22.1. The van der Waals surface area contributed by atoms with E-state index in [0.29, 0.717) is 44.0 Å². The van der Waals surface area contributed by atoms with Crippen molar-refractivity contribution in [2.45, 2.75) is 58.1 Å². The summed E-state index contributed by atoms with van der Waals surface area (Å²) < 4.78 is 7.82. The number of carbonyl (C=O) groups excluding carboxylic acids is 1. The average molecular weight is 516 g/mol. The van der Waals surface area contributed by atoms with Crippen molar-refractivity contribution in [3.63, 3.8) is 0 Å². The van der Waals surface area contributed by atoms with Crippen molar-refractivity contribution in [1.82, 2.24) is 34.6 Å². The van der Waals surface area contributed by atoms with Gasteiger partial charge in [-0.3, -0.25) is 4.98 Å². The number of nitrogens with zero attached hydrogens (tertiary/aromatic N) is 8. The van der Waals surface area contributed by atoms with Gasteiger partial charge in [0, 0.05) is 55.4 Å². The van der Waals surface area contributed by atoms with Crippen molar-refractivity contribution in [2.75, 3.05) is 36.4 Å². The number of nitrogens with one attached hydrogen (secondary N) is 1. The fraction of sp³-hybridized carbons (Fsp3) is 0.481. The second kappa shape index (κ2) is 9.70. The number of aromatic nitrogens is 6. The number of amides is 1. The Labute approximate surface area is 221 Å².